The van der Waals surface area contributed by atoms with Crippen LogP contribution in [0.4, 0.5) is 0 Å². The van der Waals surface area contributed by atoms with Gasteiger partial charge in [-0.1, -0.05) is 44.1 Å². The quantitative estimate of drug-likeness (QED) is 0.518. The third kappa shape index (κ3) is 3.21. The number of hydrogen-bond donors (Lipinski definition) is 0. The van der Waals surface area contributed by atoms with E-state index in [9.17, 15) is 0 Å². The predicted octanol–water partition coefficient (Wildman–Crippen LogP) is 3.49. The molecule has 0 unspecified atom stereocenters. The first-order valence-corrected chi connectivity index (χ1v) is 4.77. The molecule has 0 aromatic heterocycles. The minimum Gasteiger partial charge on any atom is -0.357 e. The molecule has 1 rings (SSSR count). The van der Waals surface area contributed by atoms with Gasteiger partial charge in [-0.15, -0.1) is 0 Å². The topological polar surface area (TPSA) is 21.6 Å². The van der Waals surface area contributed by atoms with Gasteiger partial charge in [-0.25, -0.2) is 0 Å². The highest BCUT2D eigenvalue weighted by Crippen LogP contribution is 2.16. The number of para-hydroxylation sites is 1. The van der Waals surface area contributed by atoms with Crippen LogP contribution < -0.4 is 4.84 Å². The van der Waals surface area contributed by atoms with E-state index in [4.69, 9.17) is 4.84 Å². The summed E-state index contributed by atoms with van der Waals surface area (Å²) in [5, 5.41) is 4.08. The number of oxime groups is 1. The lowest BCUT2D eigenvalue weighted by atomic mass is 9.91. The molecule has 0 amide bonds. The standard InChI is InChI=1S/C12H17NO/c1-10(12(2,3)4)13-14-11-8-6-5-7-9-11/h5-9H,1-4H3/b13-10+. The van der Waals surface area contributed by atoms with Gasteiger partial charge in [0.15, 0.2) is 5.75 Å². The summed E-state index contributed by atoms with van der Waals surface area (Å²) in [6.07, 6.45) is 0. The molecule has 0 atom stereocenters. The molecule has 2 heteroatoms. The lowest BCUT2D eigenvalue weighted by Gasteiger charge is -2.16. The van der Waals surface area contributed by atoms with E-state index >= 15 is 0 Å². The van der Waals surface area contributed by atoms with Crippen LogP contribution in [-0.2, 0) is 0 Å². The summed E-state index contributed by atoms with van der Waals surface area (Å²) in [6, 6.07) is 9.58. The summed E-state index contributed by atoms with van der Waals surface area (Å²) in [4.78, 5) is 5.28. The van der Waals surface area contributed by atoms with Gasteiger partial charge in [-0.05, 0) is 19.1 Å². The van der Waals surface area contributed by atoms with Crippen molar-refractivity contribution in [2.45, 2.75) is 27.7 Å². The van der Waals surface area contributed by atoms with Crippen molar-refractivity contribution >= 4 is 5.71 Å². The third-order valence-electron chi connectivity index (χ3n) is 2.12. The smallest absolute Gasteiger partial charge is 0.157 e. The number of benzene rings is 1. The molecule has 0 heterocycles. The zero-order valence-corrected chi connectivity index (χ0v) is 9.24. The van der Waals surface area contributed by atoms with Crippen molar-refractivity contribution in [1.29, 1.82) is 0 Å². The molecule has 0 fully saturated rings. The summed E-state index contributed by atoms with van der Waals surface area (Å²) >= 11 is 0. The third-order valence-corrected chi connectivity index (χ3v) is 2.12. The molecule has 14 heavy (non-hydrogen) atoms. The van der Waals surface area contributed by atoms with Crippen molar-refractivity contribution < 1.29 is 4.84 Å². The predicted molar refractivity (Wildman–Crippen MR) is 59.6 cm³/mol. The molecule has 0 saturated carbocycles. The van der Waals surface area contributed by atoms with Crippen molar-refractivity contribution in [2.24, 2.45) is 10.6 Å². The van der Waals surface area contributed by atoms with E-state index in [1.54, 1.807) is 0 Å². The number of nitrogens with zero attached hydrogens (tertiary/aromatic N) is 1. The van der Waals surface area contributed by atoms with Crippen molar-refractivity contribution in [3.8, 4) is 5.75 Å². The second-order valence-corrected chi connectivity index (χ2v) is 4.33. The molecule has 0 aliphatic carbocycles. The van der Waals surface area contributed by atoms with E-state index in [1.807, 2.05) is 37.3 Å². The summed E-state index contributed by atoms with van der Waals surface area (Å²) in [6.45, 7) is 8.31. The lowest BCUT2D eigenvalue weighted by molar-refractivity contribution is 0.332. The highest BCUT2D eigenvalue weighted by atomic mass is 16.6. The molecular formula is C12H17NO. The largest absolute Gasteiger partial charge is 0.357 e. The van der Waals surface area contributed by atoms with Gasteiger partial charge < -0.3 is 4.84 Å². The van der Waals surface area contributed by atoms with Crippen molar-refractivity contribution in [3.63, 3.8) is 0 Å². The highest BCUT2D eigenvalue weighted by molar-refractivity contribution is 5.86. The van der Waals surface area contributed by atoms with Gasteiger partial charge in [0.05, 0.1) is 5.71 Å². The first-order valence-electron chi connectivity index (χ1n) is 4.77. The Morgan fingerprint density at radius 2 is 1.71 bits per heavy atom. The Hall–Kier alpha value is -1.31. The van der Waals surface area contributed by atoms with E-state index in [2.05, 4.69) is 25.9 Å². The molecule has 0 aliphatic rings. The van der Waals surface area contributed by atoms with E-state index in [0.29, 0.717) is 0 Å². The van der Waals surface area contributed by atoms with Crippen LogP contribution in [0.5, 0.6) is 5.75 Å². The fraction of sp³-hybridized carbons (Fsp3) is 0.417. The first-order chi connectivity index (χ1) is 6.50. The van der Waals surface area contributed by atoms with Crippen LogP contribution in [0.15, 0.2) is 35.5 Å². The van der Waals surface area contributed by atoms with Crippen LogP contribution in [0, 0.1) is 5.41 Å². The summed E-state index contributed by atoms with van der Waals surface area (Å²) in [5.74, 6) is 0.774. The Bertz CT molecular complexity index is 309. The fourth-order valence-electron chi connectivity index (χ4n) is 0.739. The molecule has 0 aliphatic heterocycles. The molecule has 0 radical (unpaired) electrons. The Balaban J connectivity index is 2.65. The Labute approximate surface area is 85.6 Å². The molecule has 0 bridgehead atoms. The van der Waals surface area contributed by atoms with Gasteiger partial charge in [0, 0.05) is 5.41 Å². The average Bonchev–Trinajstić information content (AvgIpc) is 2.14. The molecule has 0 saturated heterocycles. The normalized spacial score (nSPS) is 12.7. The number of hydrogen-bond acceptors (Lipinski definition) is 2. The van der Waals surface area contributed by atoms with Crippen molar-refractivity contribution in [2.75, 3.05) is 0 Å². The second kappa shape index (κ2) is 4.27. The molecular weight excluding hydrogens is 174 g/mol. The van der Waals surface area contributed by atoms with Crippen molar-refractivity contribution in [3.05, 3.63) is 30.3 Å². The van der Waals surface area contributed by atoms with E-state index in [0.717, 1.165) is 11.5 Å². The fourth-order valence-corrected chi connectivity index (χ4v) is 0.739. The van der Waals surface area contributed by atoms with Crippen LogP contribution in [0.1, 0.15) is 27.7 Å². The minimum atomic E-state index is 0.0643. The monoisotopic (exact) mass is 191 g/mol. The van der Waals surface area contributed by atoms with Crippen LogP contribution in [0.25, 0.3) is 0 Å². The van der Waals surface area contributed by atoms with E-state index in [-0.39, 0.29) is 5.41 Å². The highest BCUT2D eigenvalue weighted by Gasteiger charge is 2.14. The van der Waals surface area contributed by atoms with Gasteiger partial charge in [0.25, 0.3) is 0 Å². The molecule has 0 N–H and O–H groups in total. The molecule has 2 nitrogen and oxygen atoms in total. The Kier molecular flexibility index (Phi) is 3.28. The maximum atomic E-state index is 5.28. The lowest BCUT2D eigenvalue weighted by Crippen LogP contribution is -2.17. The summed E-state index contributed by atoms with van der Waals surface area (Å²) in [7, 11) is 0. The van der Waals surface area contributed by atoms with E-state index in [1.165, 1.54) is 0 Å². The van der Waals surface area contributed by atoms with Crippen LogP contribution in [0.2, 0.25) is 0 Å². The average molecular weight is 191 g/mol. The van der Waals surface area contributed by atoms with Gasteiger partial charge in [-0.2, -0.15) is 0 Å². The zero-order valence-electron chi connectivity index (χ0n) is 9.24. The molecule has 1 aromatic rings. The maximum Gasteiger partial charge on any atom is 0.157 e. The summed E-state index contributed by atoms with van der Waals surface area (Å²) < 4.78 is 0. The van der Waals surface area contributed by atoms with Gasteiger partial charge >= 0.3 is 0 Å². The molecule has 1 aromatic carbocycles. The van der Waals surface area contributed by atoms with Gasteiger partial charge in [-0.3, -0.25) is 0 Å². The van der Waals surface area contributed by atoms with Crippen LogP contribution in [0.3, 0.4) is 0 Å². The molecule has 0 spiro atoms. The van der Waals surface area contributed by atoms with Gasteiger partial charge in [0.1, 0.15) is 0 Å². The van der Waals surface area contributed by atoms with Crippen LogP contribution >= 0.6 is 0 Å². The maximum absolute atomic E-state index is 5.28. The second-order valence-electron chi connectivity index (χ2n) is 4.33. The van der Waals surface area contributed by atoms with Crippen molar-refractivity contribution in [1.82, 2.24) is 0 Å². The first kappa shape index (κ1) is 10.8. The minimum absolute atomic E-state index is 0.0643. The zero-order chi connectivity index (χ0) is 10.6. The van der Waals surface area contributed by atoms with Gasteiger partial charge in [0.2, 0.25) is 0 Å². The van der Waals surface area contributed by atoms with E-state index < -0.39 is 0 Å². The molecule has 76 valence electrons. The Morgan fingerprint density at radius 3 is 2.21 bits per heavy atom. The Morgan fingerprint density at radius 1 is 1.14 bits per heavy atom. The van der Waals surface area contributed by atoms with Crippen LogP contribution in [-0.4, -0.2) is 5.71 Å². The number of rotatable bonds is 2. The summed E-state index contributed by atoms with van der Waals surface area (Å²) in [5.41, 5.74) is 1.05. The SMILES string of the molecule is C/C(=N\Oc1ccccc1)C(C)(C)C.